The van der Waals surface area contributed by atoms with Crippen molar-refractivity contribution in [3.8, 4) is 0 Å². The minimum Gasteiger partial charge on any atom is -0.250 e. The molecule has 10 heavy (non-hydrogen) atoms. The molecule has 0 radical (unpaired) electrons. The number of hydrogen-bond donors (Lipinski definition) is 1. The lowest BCUT2D eigenvalue weighted by atomic mass is 10.1. The maximum atomic E-state index is 3.96. The second kappa shape index (κ2) is 3.15. The first-order valence-corrected chi connectivity index (χ1v) is 4.04. The molecule has 58 valence electrons. The molecule has 2 heteroatoms. The third-order valence-electron chi connectivity index (χ3n) is 2.07. The Balaban J connectivity index is 2.16. The molecule has 1 fully saturated rings. The van der Waals surface area contributed by atoms with Crippen LogP contribution in [0.2, 0.25) is 0 Å². The van der Waals surface area contributed by atoms with Crippen LogP contribution in [0.3, 0.4) is 0 Å². The summed E-state index contributed by atoms with van der Waals surface area (Å²) in [6.07, 6.45) is 1.83. The van der Waals surface area contributed by atoms with Crippen LogP contribution in [0.4, 0.5) is 0 Å². The zero-order chi connectivity index (χ0) is 7.56. The van der Waals surface area contributed by atoms with Gasteiger partial charge in [-0.2, -0.15) is 0 Å². The standard InChI is InChI=1S/C8H17N2/c1-4-7(2)6-10(3)8-5-9-8/h7-9H,3-6H2,1-2H3/q+1/t7-,8?/m1/s1. The number of hydrogen-bond acceptors (Lipinski definition) is 1. The molecule has 0 aliphatic carbocycles. The van der Waals surface area contributed by atoms with Crippen molar-refractivity contribution in [3.63, 3.8) is 0 Å². The van der Waals surface area contributed by atoms with Gasteiger partial charge >= 0.3 is 0 Å². The van der Waals surface area contributed by atoms with E-state index in [2.05, 4.69) is 30.5 Å². The largest absolute Gasteiger partial charge is 0.250 e. The highest BCUT2D eigenvalue weighted by Crippen LogP contribution is 2.05. The Morgan fingerprint density at radius 2 is 2.40 bits per heavy atom. The third-order valence-corrected chi connectivity index (χ3v) is 2.07. The van der Waals surface area contributed by atoms with Crippen molar-refractivity contribution in [2.45, 2.75) is 26.4 Å². The van der Waals surface area contributed by atoms with Crippen molar-refractivity contribution in [2.75, 3.05) is 13.1 Å². The van der Waals surface area contributed by atoms with Crippen LogP contribution in [0.5, 0.6) is 0 Å². The second-order valence-corrected chi connectivity index (χ2v) is 3.21. The van der Waals surface area contributed by atoms with Gasteiger partial charge in [-0.25, -0.2) is 4.58 Å². The van der Waals surface area contributed by atoms with Gasteiger partial charge in [0.05, 0.1) is 6.54 Å². The first-order chi connectivity index (χ1) is 4.74. The maximum Gasteiger partial charge on any atom is 0.219 e. The molecule has 2 nitrogen and oxygen atoms in total. The molecule has 1 N–H and O–H groups in total. The van der Waals surface area contributed by atoms with Crippen molar-refractivity contribution >= 4 is 6.72 Å². The van der Waals surface area contributed by atoms with E-state index in [1.807, 2.05) is 0 Å². The minimum absolute atomic E-state index is 0.578. The van der Waals surface area contributed by atoms with Crippen molar-refractivity contribution in [1.29, 1.82) is 0 Å². The molecule has 1 aliphatic rings. The van der Waals surface area contributed by atoms with E-state index in [-0.39, 0.29) is 0 Å². The van der Waals surface area contributed by atoms with Gasteiger partial charge < -0.3 is 0 Å². The Morgan fingerprint density at radius 1 is 1.80 bits per heavy atom. The highest BCUT2D eigenvalue weighted by atomic mass is 15.3. The van der Waals surface area contributed by atoms with E-state index in [9.17, 15) is 0 Å². The molecule has 0 bridgehead atoms. The van der Waals surface area contributed by atoms with Gasteiger partial charge in [0.15, 0.2) is 0 Å². The van der Waals surface area contributed by atoms with Crippen LogP contribution in [0.1, 0.15) is 20.3 Å². The Kier molecular flexibility index (Phi) is 2.44. The lowest BCUT2D eigenvalue weighted by molar-refractivity contribution is -0.541. The molecule has 1 heterocycles. The Hall–Kier alpha value is -0.370. The summed E-state index contributed by atoms with van der Waals surface area (Å²) >= 11 is 0. The van der Waals surface area contributed by atoms with Gasteiger partial charge in [-0.1, -0.05) is 13.8 Å². The van der Waals surface area contributed by atoms with Gasteiger partial charge in [0, 0.05) is 5.92 Å². The van der Waals surface area contributed by atoms with Crippen LogP contribution in [-0.2, 0) is 0 Å². The number of nitrogens with one attached hydrogen (secondary N) is 1. The predicted octanol–water partition coefficient (Wildman–Crippen LogP) is 0.675. The van der Waals surface area contributed by atoms with Crippen molar-refractivity contribution in [2.24, 2.45) is 5.92 Å². The normalized spacial score (nSPS) is 26.0. The van der Waals surface area contributed by atoms with Crippen LogP contribution in [-0.4, -0.2) is 30.5 Å². The van der Waals surface area contributed by atoms with Crippen molar-refractivity contribution < 1.29 is 4.58 Å². The fraction of sp³-hybridized carbons (Fsp3) is 0.875. The van der Waals surface area contributed by atoms with Crippen LogP contribution in [0.25, 0.3) is 0 Å². The molecule has 1 saturated heterocycles. The summed E-state index contributed by atoms with van der Waals surface area (Å²) in [7, 11) is 0. The van der Waals surface area contributed by atoms with E-state index < -0.39 is 0 Å². The SMILES string of the molecule is C=[N+](C[C@H](C)CC)C1CN1. The molecule has 0 spiro atoms. The molecule has 0 amide bonds. The van der Waals surface area contributed by atoms with Crippen molar-refractivity contribution in [3.05, 3.63) is 0 Å². The van der Waals surface area contributed by atoms with E-state index in [1.165, 1.54) is 6.42 Å². The molecule has 1 unspecified atom stereocenters. The molecule has 2 atom stereocenters. The number of nitrogens with zero attached hydrogens (tertiary/aromatic N) is 1. The highest BCUT2D eigenvalue weighted by Gasteiger charge is 2.30. The average molecular weight is 141 g/mol. The topological polar surface area (TPSA) is 25.0 Å². The van der Waals surface area contributed by atoms with E-state index in [1.54, 1.807) is 0 Å². The maximum absolute atomic E-state index is 3.96. The molecule has 0 aromatic heterocycles. The van der Waals surface area contributed by atoms with Gasteiger partial charge in [-0.3, -0.25) is 5.32 Å². The van der Waals surface area contributed by atoms with Gasteiger partial charge in [0.2, 0.25) is 6.17 Å². The molecule has 0 aromatic carbocycles. The van der Waals surface area contributed by atoms with Crippen LogP contribution in [0, 0.1) is 5.92 Å². The zero-order valence-corrected chi connectivity index (χ0v) is 6.93. The summed E-state index contributed by atoms with van der Waals surface area (Å²) in [5.74, 6) is 0.778. The molecular weight excluding hydrogens is 124 g/mol. The van der Waals surface area contributed by atoms with Crippen LogP contribution in [0.15, 0.2) is 0 Å². The molecular formula is C8H17N2+. The average Bonchev–Trinajstić information content (AvgIpc) is 2.68. The third kappa shape index (κ3) is 2.10. The van der Waals surface area contributed by atoms with Gasteiger partial charge in [0.1, 0.15) is 13.3 Å². The van der Waals surface area contributed by atoms with E-state index in [0.29, 0.717) is 6.17 Å². The summed E-state index contributed by atoms with van der Waals surface area (Å²) in [6.45, 7) is 10.7. The molecule has 0 aromatic rings. The Labute approximate surface area is 62.9 Å². The highest BCUT2D eigenvalue weighted by molar-refractivity contribution is 5.15. The minimum atomic E-state index is 0.578. The van der Waals surface area contributed by atoms with Crippen LogP contribution < -0.4 is 5.32 Å². The molecule has 1 aliphatic heterocycles. The van der Waals surface area contributed by atoms with E-state index in [4.69, 9.17) is 0 Å². The molecule has 0 saturated carbocycles. The zero-order valence-electron chi connectivity index (χ0n) is 6.93. The van der Waals surface area contributed by atoms with Crippen LogP contribution >= 0.6 is 0 Å². The Bertz CT molecular complexity index is 127. The first kappa shape index (κ1) is 7.73. The van der Waals surface area contributed by atoms with Gasteiger partial charge in [-0.05, 0) is 6.42 Å². The van der Waals surface area contributed by atoms with Crippen molar-refractivity contribution in [1.82, 2.24) is 5.32 Å². The second-order valence-electron chi connectivity index (χ2n) is 3.21. The van der Waals surface area contributed by atoms with Gasteiger partial charge in [-0.15, -0.1) is 0 Å². The Morgan fingerprint density at radius 3 is 2.80 bits per heavy atom. The lowest BCUT2D eigenvalue weighted by Crippen LogP contribution is -2.21. The molecule has 1 rings (SSSR count). The van der Waals surface area contributed by atoms with E-state index in [0.717, 1.165) is 19.0 Å². The summed E-state index contributed by atoms with van der Waals surface area (Å²) < 4.78 is 2.15. The smallest absolute Gasteiger partial charge is 0.219 e. The quantitative estimate of drug-likeness (QED) is 0.347. The summed E-state index contributed by atoms with van der Waals surface area (Å²) in [5, 5.41) is 3.23. The summed E-state index contributed by atoms with van der Waals surface area (Å²) in [4.78, 5) is 0. The monoisotopic (exact) mass is 141 g/mol. The van der Waals surface area contributed by atoms with E-state index >= 15 is 0 Å². The summed E-state index contributed by atoms with van der Waals surface area (Å²) in [5.41, 5.74) is 0. The first-order valence-electron chi connectivity index (χ1n) is 4.04. The number of rotatable bonds is 4. The summed E-state index contributed by atoms with van der Waals surface area (Å²) in [6, 6.07) is 0. The predicted molar refractivity (Wildman–Crippen MR) is 43.5 cm³/mol. The fourth-order valence-electron chi connectivity index (χ4n) is 0.968. The fourth-order valence-corrected chi connectivity index (χ4v) is 0.968. The van der Waals surface area contributed by atoms with Gasteiger partial charge in [0.25, 0.3) is 0 Å². The lowest BCUT2D eigenvalue weighted by Gasteiger charge is -2.04.